The number of hydrogen-bond acceptors (Lipinski definition) is 4. The van der Waals surface area contributed by atoms with E-state index in [9.17, 15) is 0 Å². The molecule has 0 fully saturated rings. The quantitative estimate of drug-likeness (QED) is 0.888. The second-order valence-corrected chi connectivity index (χ2v) is 4.42. The molecule has 0 spiro atoms. The number of rotatable bonds is 3. The lowest BCUT2D eigenvalue weighted by atomic mass is 10.2. The van der Waals surface area contributed by atoms with Crippen LogP contribution in [0.5, 0.6) is 5.75 Å². The van der Waals surface area contributed by atoms with Crippen molar-refractivity contribution in [1.29, 1.82) is 0 Å². The summed E-state index contributed by atoms with van der Waals surface area (Å²) in [6.45, 7) is 1.93. The van der Waals surface area contributed by atoms with Gasteiger partial charge in [-0.2, -0.15) is 0 Å². The summed E-state index contributed by atoms with van der Waals surface area (Å²) in [5, 5.41) is 2.94. The molecule has 0 saturated heterocycles. The van der Waals surface area contributed by atoms with Gasteiger partial charge in [-0.05, 0) is 19.1 Å². The van der Waals surface area contributed by atoms with Crippen molar-refractivity contribution in [2.45, 2.75) is 13.0 Å². The van der Waals surface area contributed by atoms with Gasteiger partial charge in [0.1, 0.15) is 10.8 Å². The van der Waals surface area contributed by atoms with Crippen molar-refractivity contribution < 1.29 is 4.74 Å². The largest absolute Gasteiger partial charge is 0.496 e. The van der Waals surface area contributed by atoms with Crippen molar-refractivity contribution in [1.82, 2.24) is 4.98 Å². The van der Waals surface area contributed by atoms with Crippen LogP contribution in [-0.2, 0) is 0 Å². The number of ether oxygens (including phenoxy) is 1. The first-order chi connectivity index (χ1) is 7.72. The second-order valence-electron chi connectivity index (χ2n) is 3.57. The number of nitrogens with two attached hydrogens (primary N) is 1. The molecule has 2 aromatic rings. The molecule has 2 rings (SSSR count). The lowest BCUT2D eigenvalue weighted by molar-refractivity contribution is 0.416. The number of aromatic nitrogens is 1. The summed E-state index contributed by atoms with van der Waals surface area (Å²) in [6, 6.07) is 7.83. The monoisotopic (exact) mass is 234 g/mol. The van der Waals surface area contributed by atoms with E-state index in [-0.39, 0.29) is 6.04 Å². The van der Waals surface area contributed by atoms with E-state index in [4.69, 9.17) is 10.5 Å². The minimum absolute atomic E-state index is 0.0280. The van der Waals surface area contributed by atoms with Crippen LogP contribution in [0.15, 0.2) is 29.6 Å². The Balaban J connectivity index is 2.42. The third-order valence-corrected chi connectivity index (χ3v) is 3.22. The summed E-state index contributed by atoms with van der Waals surface area (Å²) in [5.74, 6) is 0.841. The highest BCUT2D eigenvalue weighted by Gasteiger charge is 2.11. The van der Waals surface area contributed by atoms with Crippen LogP contribution in [0.25, 0.3) is 10.6 Å². The fourth-order valence-corrected chi connectivity index (χ4v) is 2.39. The molecule has 0 radical (unpaired) electrons. The van der Waals surface area contributed by atoms with Crippen LogP contribution < -0.4 is 10.5 Å². The molecule has 4 heteroatoms. The molecule has 84 valence electrons. The van der Waals surface area contributed by atoms with Crippen molar-refractivity contribution in [2.75, 3.05) is 7.11 Å². The van der Waals surface area contributed by atoms with E-state index in [0.29, 0.717) is 0 Å². The molecule has 1 aromatic carbocycles. The highest BCUT2D eigenvalue weighted by Crippen LogP contribution is 2.32. The number of methoxy groups -OCH3 is 1. The van der Waals surface area contributed by atoms with Crippen molar-refractivity contribution in [3.05, 3.63) is 35.3 Å². The van der Waals surface area contributed by atoms with Gasteiger partial charge in [0.2, 0.25) is 0 Å². The molecule has 0 aliphatic heterocycles. The van der Waals surface area contributed by atoms with Crippen LogP contribution in [0, 0.1) is 0 Å². The number of nitrogens with zero attached hydrogens (tertiary/aromatic N) is 1. The molecule has 0 saturated carbocycles. The maximum atomic E-state index is 5.79. The van der Waals surface area contributed by atoms with E-state index in [1.807, 2.05) is 36.6 Å². The van der Waals surface area contributed by atoms with Gasteiger partial charge in [0.15, 0.2) is 0 Å². The fraction of sp³-hybridized carbons (Fsp3) is 0.250. The van der Waals surface area contributed by atoms with E-state index >= 15 is 0 Å². The van der Waals surface area contributed by atoms with E-state index < -0.39 is 0 Å². The van der Waals surface area contributed by atoms with Crippen LogP contribution in [0.1, 0.15) is 18.7 Å². The van der Waals surface area contributed by atoms with Crippen LogP contribution in [-0.4, -0.2) is 12.1 Å². The van der Waals surface area contributed by atoms with E-state index in [2.05, 4.69) is 4.98 Å². The zero-order valence-electron chi connectivity index (χ0n) is 9.31. The highest BCUT2D eigenvalue weighted by molar-refractivity contribution is 7.13. The molecule has 16 heavy (non-hydrogen) atoms. The number of para-hydroxylation sites is 1. The van der Waals surface area contributed by atoms with Gasteiger partial charge in [-0.25, -0.2) is 4.98 Å². The molecule has 1 unspecified atom stereocenters. The average Bonchev–Trinajstić information content (AvgIpc) is 2.78. The molecule has 1 heterocycles. The zero-order chi connectivity index (χ0) is 11.5. The highest BCUT2D eigenvalue weighted by atomic mass is 32.1. The van der Waals surface area contributed by atoms with Gasteiger partial charge in [0.05, 0.1) is 18.4 Å². The van der Waals surface area contributed by atoms with Gasteiger partial charge in [-0.3, -0.25) is 0 Å². The topological polar surface area (TPSA) is 48.1 Å². The Morgan fingerprint density at radius 2 is 2.12 bits per heavy atom. The maximum Gasteiger partial charge on any atom is 0.129 e. The fourth-order valence-electron chi connectivity index (χ4n) is 1.44. The Bertz CT molecular complexity index is 479. The van der Waals surface area contributed by atoms with Crippen molar-refractivity contribution in [3.8, 4) is 16.3 Å². The first-order valence-corrected chi connectivity index (χ1v) is 5.94. The van der Waals surface area contributed by atoms with Crippen molar-refractivity contribution in [2.24, 2.45) is 5.73 Å². The molecular weight excluding hydrogens is 220 g/mol. The molecule has 1 atom stereocenters. The third kappa shape index (κ3) is 2.08. The molecule has 3 nitrogen and oxygen atoms in total. The standard InChI is InChI=1S/C12H14N2OS/c1-8(13)10-7-16-12(14-10)9-5-3-4-6-11(9)15-2/h3-8H,13H2,1-2H3. The summed E-state index contributed by atoms with van der Waals surface area (Å²) in [4.78, 5) is 4.50. The van der Waals surface area contributed by atoms with Gasteiger partial charge in [0, 0.05) is 11.4 Å². The summed E-state index contributed by atoms with van der Waals surface area (Å²) < 4.78 is 5.30. The molecule has 2 N–H and O–H groups in total. The molecule has 0 aliphatic carbocycles. The number of benzene rings is 1. The summed E-state index contributed by atoms with van der Waals surface area (Å²) in [7, 11) is 1.67. The first kappa shape index (κ1) is 11.1. The molecule has 0 bridgehead atoms. The number of thiazole rings is 1. The Morgan fingerprint density at radius 3 is 2.75 bits per heavy atom. The Kier molecular flexibility index (Phi) is 3.22. The maximum absolute atomic E-state index is 5.79. The Labute approximate surface area is 98.9 Å². The Hall–Kier alpha value is -1.39. The summed E-state index contributed by atoms with van der Waals surface area (Å²) in [5.41, 5.74) is 7.73. The molecule has 1 aromatic heterocycles. The zero-order valence-corrected chi connectivity index (χ0v) is 10.1. The average molecular weight is 234 g/mol. The van der Waals surface area contributed by atoms with Gasteiger partial charge in [-0.15, -0.1) is 11.3 Å². The smallest absolute Gasteiger partial charge is 0.129 e. The third-order valence-electron chi connectivity index (χ3n) is 2.33. The van der Waals surface area contributed by atoms with Crippen LogP contribution >= 0.6 is 11.3 Å². The van der Waals surface area contributed by atoms with Gasteiger partial charge < -0.3 is 10.5 Å². The predicted molar refractivity (Wildman–Crippen MR) is 66.7 cm³/mol. The minimum Gasteiger partial charge on any atom is -0.496 e. The summed E-state index contributed by atoms with van der Waals surface area (Å²) >= 11 is 1.59. The lowest BCUT2D eigenvalue weighted by Crippen LogP contribution is -2.04. The van der Waals surface area contributed by atoms with Crippen molar-refractivity contribution >= 4 is 11.3 Å². The van der Waals surface area contributed by atoms with Gasteiger partial charge in [-0.1, -0.05) is 12.1 Å². The van der Waals surface area contributed by atoms with E-state index in [0.717, 1.165) is 22.0 Å². The lowest BCUT2D eigenvalue weighted by Gasteiger charge is -2.04. The van der Waals surface area contributed by atoms with Gasteiger partial charge >= 0.3 is 0 Å². The van der Waals surface area contributed by atoms with Crippen LogP contribution in [0.4, 0.5) is 0 Å². The number of hydrogen-bond donors (Lipinski definition) is 1. The van der Waals surface area contributed by atoms with Gasteiger partial charge in [0.25, 0.3) is 0 Å². The summed E-state index contributed by atoms with van der Waals surface area (Å²) in [6.07, 6.45) is 0. The predicted octanol–water partition coefficient (Wildman–Crippen LogP) is 2.84. The molecule has 0 aliphatic rings. The van der Waals surface area contributed by atoms with E-state index in [1.165, 1.54) is 0 Å². The van der Waals surface area contributed by atoms with Crippen LogP contribution in [0.3, 0.4) is 0 Å². The molecular formula is C12H14N2OS. The first-order valence-electron chi connectivity index (χ1n) is 5.06. The SMILES string of the molecule is COc1ccccc1-c1nc(C(C)N)cs1. The second kappa shape index (κ2) is 4.63. The Morgan fingerprint density at radius 1 is 1.38 bits per heavy atom. The normalized spacial score (nSPS) is 12.4. The molecule has 0 amide bonds. The van der Waals surface area contributed by atoms with E-state index in [1.54, 1.807) is 18.4 Å². The van der Waals surface area contributed by atoms with Crippen molar-refractivity contribution in [3.63, 3.8) is 0 Å². The minimum atomic E-state index is -0.0280. The van der Waals surface area contributed by atoms with Crippen LogP contribution in [0.2, 0.25) is 0 Å².